The number of esters is 1. The van der Waals surface area contributed by atoms with Crippen LogP contribution < -0.4 is 5.32 Å². The zero-order valence-electron chi connectivity index (χ0n) is 14.0. The fourth-order valence-corrected chi connectivity index (χ4v) is 2.79. The molecule has 0 saturated carbocycles. The van der Waals surface area contributed by atoms with Gasteiger partial charge in [-0.3, -0.25) is 9.79 Å². The van der Waals surface area contributed by atoms with Crippen LogP contribution in [0.25, 0.3) is 0 Å². The molecule has 1 unspecified atom stereocenters. The number of benzene rings is 2. The van der Waals surface area contributed by atoms with Crippen molar-refractivity contribution in [3.8, 4) is 0 Å². The molecule has 0 fully saturated rings. The summed E-state index contributed by atoms with van der Waals surface area (Å²) < 4.78 is 5.40. The third-order valence-electron chi connectivity index (χ3n) is 3.63. The first-order valence-corrected chi connectivity index (χ1v) is 8.38. The highest BCUT2D eigenvalue weighted by Crippen LogP contribution is 2.27. The molecule has 1 atom stereocenters. The van der Waals surface area contributed by atoms with Crippen molar-refractivity contribution in [2.75, 3.05) is 11.9 Å². The molecule has 1 heterocycles. The van der Waals surface area contributed by atoms with E-state index in [1.54, 1.807) is 6.07 Å². The van der Waals surface area contributed by atoms with Crippen molar-refractivity contribution in [2.45, 2.75) is 20.1 Å². The third kappa shape index (κ3) is 3.88. The Morgan fingerprint density at radius 1 is 1.28 bits per heavy atom. The number of fused-ring (bicyclic) bond motifs is 1. The summed E-state index contributed by atoms with van der Waals surface area (Å²) in [6, 6.07) is 15.2. The molecule has 6 heteroatoms. The van der Waals surface area contributed by atoms with Crippen LogP contribution in [0.5, 0.6) is 0 Å². The number of halogens is 1. The molecule has 0 radical (unpaired) electrons. The summed E-state index contributed by atoms with van der Waals surface area (Å²) in [5.74, 6) is 0.0722. The molecular weight excluding hydrogens is 338 g/mol. The fraction of sp³-hybridized carbons (Fsp3) is 0.211. The Bertz CT molecular complexity index is 847. The normalized spacial score (nSPS) is 18.0. The predicted octanol–water partition coefficient (Wildman–Crippen LogP) is 3.91. The number of aliphatic imine (C=N–C) groups is 2. The number of amidine groups is 1. The van der Waals surface area contributed by atoms with Gasteiger partial charge in [-0.1, -0.05) is 41.9 Å². The zero-order valence-corrected chi connectivity index (χ0v) is 14.7. The number of rotatable bonds is 3. The Morgan fingerprint density at radius 3 is 2.72 bits per heavy atom. The van der Waals surface area contributed by atoms with Crippen LogP contribution in [0, 0.1) is 0 Å². The molecule has 0 bridgehead atoms. The van der Waals surface area contributed by atoms with Crippen molar-refractivity contribution >= 4 is 34.8 Å². The van der Waals surface area contributed by atoms with Crippen LogP contribution in [0.15, 0.2) is 58.5 Å². The Labute approximate surface area is 151 Å². The minimum absolute atomic E-state index is 0.421. The van der Waals surface area contributed by atoms with Crippen molar-refractivity contribution in [1.82, 2.24) is 0 Å². The van der Waals surface area contributed by atoms with Gasteiger partial charge in [0.1, 0.15) is 0 Å². The van der Waals surface area contributed by atoms with Gasteiger partial charge in [0, 0.05) is 35.3 Å². The molecule has 0 saturated heterocycles. The molecule has 0 aromatic heterocycles. The highest BCUT2D eigenvalue weighted by atomic mass is 35.5. The highest BCUT2D eigenvalue weighted by molar-refractivity contribution is 6.32. The lowest BCUT2D eigenvalue weighted by Gasteiger charge is -2.15. The first kappa shape index (κ1) is 17.2. The maximum absolute atomic E-state index is 11.5. The number of anilines is 1. The van der Waals surface area contributed by atoms with E-state index in [1.165, 1.54) is 6.92 Å². The van der Waals surface area contributed by atoms with Crippen LogP contribution in [0.3, 0.4) is 0 Å². The molecule has 3 rings (SSSR count). The van der Waals surface area contributed by atoms with E-state index in [9.17, 15) is 4.79 Å². The number of ether oxygens (including phenoxy) is 1. The van der Waals surface area contributed by atoms with Crippen molar-refractivity contribution in [3.05, 3.63) is 64.7 Å². The molecule has 1 aliphatic rings. The molecule has 0 amide bonds. The van der Waals surface area contributed by atoms with Crippen molar-refractivity contribution < 1.29 is 9.53 Å². The summed E-state index contributed by atoms with van der Waals surface area (Å²) in [5.41, 5.74) is 3.24. The first-order chi connectivity index (χ1) is 12.1. The van der Waals surface area contributed by atoms with Gasteiger partial charge >= 0.3 is 5.97 Å². The molecule has 2 aromatic carbocycles. The minimum Gasteiger partial charge on any atom is -0.432 e. The maximum Gasteiger partial charge on any atom is 0.304 e. The van der Waals surface area contributed by atoms with E-state index < -0.39 is 12.2 Å². The number of carbonyl (C=O) groups excluding carboxylic acids is 1. The zero-order chi connectivity index (χ0) is 17.8. The van der Waals surface area contributed by atoms with Gasteiger partial charge in [0.2, 0.25) is 0 Å². The molecule has 1 aliphatic heterocycles. The van der Waals surface area contributed by atoms with Crippen LogP contribution in [-0.2, 0) is 9.53 Å². The van der Waals surface area contributed by atoms with Crippen LogP contribution in [0.1, 0.15) is 25.0 Å². The number of hydrogen-bond donors (Lipinski definition) is 1. The van der Waals surface area contributed by atoms with Gasteiger partial charge in [-0.2, -0.15) is 0 Å². The smallest absolute Gasteiger partial charge is 0.304 e. The molecule has 0 spiro atoms. The van der Waals surface area contributed by atoms with E-state index in [-0.39, 0.29) is 0 Å². The van der Waals surface area contributed by atoms with Gasteiger partial charge in [0.15, 0.2) is 5.84 Å². The van der Waals surface area contributed by atoms with Crippen molar-refractivity contribution in [3.63, 3.8) is 0 Å². The van der Waals surface area contributed by atoms with Crippen LogP contribution in [-0.4, -0.2) is 30.3 Å². The molecule has 0 aliphatic carbocycles. The van der Waals surface area contributed by atoms with Crippen LogP contribution in [0.2, 0.25) is 5.02 Å². The second kappa shape index (κ2) is 7.49. The van der Waals surface area contributed by atoms with Gasteiger partial charge in [0.25, 0.3) is 6.23 Å². The quantitative estimate of drug-likeness (QED) is 0.849. The lowest BCUT2D eigenvalue weighted by molar-refractivity contribution is -0.142. The number of carbonyl (C=O) groups is 1. The molecule has 25 heavy (non-hydrogen) atoms. The summed E-state index contributed by atoms with van der Waals surface area (Å²) in [5, 5.41) is 3.84. The van der Waals surface area contributed by atoms with Gasteiger partial charge in [-0.25, -0.2) is 4.99 Å². The number of nitrogens with one attached hydrogen (secondary N) is 1. The van der Waals surface area contributed by atoms with Crippen LogP contribution >= 0.6 is 11.6 Å². The van der Waals surface area contributed by atoms with Gasteiger partial charge < -0.3 is 10.1 Å². The van der Waals surface area contributed by atoms with E-state index in [2.05, 4.69) is 10.3 Å². The van der Waals surface area contributed by atoms with E-state index >= 15 is 0 Å². The monoisotopic (exact) mass is 355 g/mol. The average Bonchev–Trinajstić information content (AvgIpc) is 2.73. The fourth-order valence-electron chi connectivity index (χ4n) is 2.62. The van der Waals surface area contributed by atoms with Gasteiger partial charge in [-0.05, 0) is 25.1 Å². The molecule has 128 valence electrons. The Kier molecular flexibility index (Phi) is 5.14. The lowest BCUT2D eigenvalue weighted by atomic mass is 10.0. The second-order valence-electron chi connectivity index (χ2n) is 5.48. The second-order valence-corrected chi connectivity index (χ2v) is 5.92. The summed E-state index contributed by atoms with van der Waals surface area (Å²) in [6.07, 6.45) is -0.834. The van der Waals surface area contributed by atoms with Crippen molar-refractivity contribution in [1.29, 1.82) is 0 Å². The number of hydrogen-bond acceptors (Lipinski definition) is 4. The van der Waals surface area contributed by atoms with Crippen LogP contribution in [0.4, 0.5) is 5.69 Å². The Hall–Kier alpha value is -2.66. The molecule has 5 nitrogen and oxygen atoms in total. The summed E-state index contributed by atoms with van der Waals surface area (Å²) in [6.45, 7) is 3.81. The van der Waals surface area contributed by atoms with Crippen molar-refractivity contribution in [2.24, 2.45) is 9.98 Å². The first-order valence-electron chi connectivity index (χ1n) is 8.00. The maximum atomic E-state index is 11.5. The summed E-state index contributed by atoms with van der Waals surface area (Å²) >= 11 is 6.20. The average molecular weight is 356 g/mol. The minimum atomic E-state index is -0.834. The summed E-state index contributed by atoms with van der Waals surface area (Å²) in [4.78, 5) is 20.7. The van der Waals surface area contributed by atoms with Gasteiger partial charge in [0.05, 0.1) is 5.71 Å². The number of benzodiazepines with no additional fused rings is 1. The highest BCUT2D eigenvalue weighted by Gasteiger charge is 2.26. The predicted molar refractivity (Wildman–Crippen MR) is 101 cm³/mol. The lowest BCUT2D eigenvalue weighted by Crippen LogP contribution is -2.30. The van der Waals surface area contributed by atoms with Gasteiger partial charge in [-0.15, -0.1) is 0 Å². The summed E-state index contributed by atoms with van der Waals surface area (Å²) in [7, 11) is 0. The third-order valence-corrected chi connectivity index (χ3v) is 3.87. The molecule has 1 N–H and O–H groups in total. The van der Waals surface area contributed by atoms with E-state index in [0.717, 1.165) is 16.8 Å². The Morgan fingerprint density at radius 2 is 2.04 bits per heavy atom. The standard InChI is InChI=1S/C19H18ClN3O2/c1-3-21-18-19(25-12(2)24)23-17(13-7-5-4-6-8-13)15-11-14(20)9-10-16(15)22-18/h4-11,19H,3H2,1-2H3,(H,21,22). The SMILES string of the molecule is CCN=C1Nc2ccc(Cl)cc2C(c2ccccc2)=NC1OC(C)=O. The largest absolute Gasteiger partial charge is 0.432 e. The van der Waals surface area contributed by atoms with E-state index in [4.69, 9.17) is 21.3 Å². The molecular formula is C19H18ClN3O2. The molecule has 2 aromatic rings. The Balaban J connectivity index is 2.21. The topological polar surface area (TPSA) is 63.1 Å². The van der Waals surface area contributed by atoms with E-state index in [0.29, 0.717) is 23.1 Å². The number of nitrogens with zero attached hydrogens (tertiary/aromatic N) is 2. The van der Waals surface area contributed by atoms with E-state index in [1.807, 2.05) is 49.4 Å².